The van der Waals surface area contributed by atoms with E-state index in [4.69, 9.17) is 10.00 Å². The van der Waals surface area contributed by atoms with E-state index in [1.165, 1.54) is 4.90 Å². The van der Waals surface area contributed by atoms with Crippen LogP contribution in [0.3, 0.4) is 0 Å². The highest BCUT2D eigenvalue weighted by Crippen LogP contribution is 2.34. The van der Waals surface area contributed by atoms with E-state index >= 15 is 0 Å². The van der Waals surface area contributed by atoms with Gasteiger partial charge in [0.15, 0.2) is 6.61 Å². The summed E-state index contributed by atoms with van der Waals surface area (Å²) in [6.45, 7) is 0.206. The van der Waals surface area contributed by atoms with Crippen molar-refractivity contribution in [3.63, 3.8) is 0 Å². The summed E-state index contributed by atoms with van der Waals surface area (Å²) in [6.07, 6.45) is 1.68. The Balaban J connectivity index is 1.75. The number of amides is 2. The van der Waals surface area contributed by atoms with E-state index in [1.807, 2.05) is 30.3 Å². The van der Waals surface area contributed by atoms with E-state index in [-0.39, 0.29) is 24.3 Å². The van der Waals surface area contributed by atoms with Crippen LogP contribution in [0.5, 0.6) is 5.75 Å². The summed E-state index contributed by atoms with van der Waals surface area (Å²) in [5, 5.41) is 8.22. The third-order valence-corrected chi connectivity index (χ3v) is 5.32. The lowest BCUT2D eigenvalue weighted by Crippen LogP contribution is -2.27. The SMILES string of the molecule is N#CCOc1ccc(/C=C2\SC(=O)N(Cc3ccccc3Br)C2=O)cc1. The molecule has 1 aliphatic heterocycles. The van der Waals surface area contributed by atoms with Gasteiger partial charge in [0.2, 0.25) is 0 Å². The van der Waals surface area contributed by atoms with Crippen LogP contribution in [0, 0.1) is 11.3 Å². The van der Waals surface area contributed by atoms with Crippen molar-refractivity contribution in [2.45, 2.75) is 6.54 Å². The van der Waals surface area contributed by atoms with Crippen LogP contribution >= 0.6 is 27.7 Å². The van der Waals surface area contributed by atoms with E-state index in [9.17, 15) is 9.59 Å². The molecule has 0 spiro atoms. The average molecular weight is 429 g/mol. The van der Waals surface area contributed by atoms with Gasteiger partial charge in [0.1, 0.15) is 11.8 Å². The molecule has 2 aromatic rings. The molecule has 5 nitrogen and oxygen atoms in total. The maximum absolute atomic E-state index is 12.6. The number of hydrogen-bond acceptors (Lipinski definition) is 5. The van der Waals surface area contributed by atoms with Crippen molar-refractivity contribution in [3.8, 4) is 11.8 Å². The van der Waals surface area contributed by atoms with E-state index in [2.05, 4.69) is 15.9 Å². The Labute approximate surface area is 163 Å². The first kappa shape index (κ1) is 18.2. The lowest BCUT2D eigenvalue weighted by atomic mass is 10.2. The van der Waals surface area contributed by atoms with Crippen molar-refractivity contribution < 1.29 is 14.3 Å². The van der Waals surface area contributed by atoms with Crippen molar-refractivity contribution in [1.82, 2.24) is 4.90 Å². The van der Waals surface area contributed by atoms with Gasteiger partial charge in [0.05, 0.1) is 11.4 Å². The Kier molecular flexibility index (Phi) is 5.76. The molecule has 7 heteroatoms. The number of benzene rings is 2. The summed E-state index contributed by atoms with van der Waals surface area (Å²) in [6, 6.07) is 16.4. The number of nitriles is 1. The highest BCUT2D eigenvalue weighted by molar-refractivity contribution is 9.10. The second-order valence-corrected chi connectivity index (χ2v) is 7.22. The van der Waals surface area contributed by atoms with Gasteiger partial charge in [0, 0.05) is 4.47 Å². The van der Waals surface area contributed by atoms with Gasteiger partial charge in [0.25, 0.3) is 11.1 Å². The molecule has 0 atom stereocenters. The third-order valence-electron chi connectivity index (χ3n) is 3.64. The summed E-state index contributed by atoms with van der Waals surface area (Å²) >= 11 is 4.36. The molecular weight excluding hydrogens is 416 g/mol. The van der Waals surface area contributed by atoms with Crippen LogP contribution < -0.4 is 4.74 Å². The molecule has 0 unspecified atom stereocenters. The monoisotopic (exact) mass is 428 g/mol. The minimum absolute atomic E-state index is 0.0206. The Bertz CT molecular complexity index is 919. The van der Waals surface area contributed by atoms with Crippen molar-refractivity contribution >= 4 is 44.9 Å². The second kappa shape index (κ2) is 8.21. The molecule has 0 bridgehead atoms. The molecule has 1 fully saturated rings. The van der Waals surface area contributed by atoms with Crippen molar-refractivity contribution in [3.05, 3.63) is 69.0 Å². The molecule has 2 aromatic carbocycles. The largest absolute Gasteiger partial charge is 0.479 e. The number of nitrogens with zero attached hydrogens (tertiary/aromatic N) is 2. The Hall–Kier alpha value is -2.56. The van der Waals surface area contributed by atoms with E-state index in [1.54, 1.807) is 30.3 Å². The lowest BCUT2D eigenvalue weighted by Gasteiger charge is -2.13. The second-order valence-electron chi connectivity index (χ2n) is 5.38. The van der Waals surface area contributed by atoms with Crippen molar-refractivity contribution in [2.75, 3.05) is 6.61 Å². The molecule has 130 valence electrons. The molecular formula is C19H13BrN2O3S. The third kappa shape index (κ3) is 4.15. The molecule has 1 saturated heterocycles. The van der Waals surface area contributed by atoms with Gasteiger partial charge in [-0.25, -0.2) is 0 Å². The average Bonchev–Trinajstić information content (AvgIpc) is 2.90. The topological polar surface area (TPSA) is 70.4 Å². The number of thioether (sulfide) groups is 1. The quantitative estimate of drug-likeness (QED) is 0.651. The molecule has 1 heterocycles. The van der Waals surface area contributed by atoms with Gasteiger partial charge >= 0.3 is 0 Å². The predicted octanol–water partition coefficient (Wildman–Crippen LogP) is 4.59. The number of halogens is 1. The standard InChI is InChI=1S/C19H13BrN2O3S/c20-16-4-2-1-3-14(16)12-22-18(23)17(26-19(22)24)11-13-5-7-15(8-6-13)25-10-9-21/h1-8,11H,10,12H2/b17-11-. The Morgan fingerprint density at radius 2 is 1.88 bits per heavy atom. The molecule has 0 aromatic heterocycles. The van der Waals surface area contributed by atoms with Crippen LogP contribution in [0.25, 0.3) is 6.08 Å². The number of hydrogen-bond donors (Lipinski definition) is 0. The number of carbonyl (C=O) groups excluding carboxylic acids is 2. The summed E-state index contributed by atoms with van der Waals surface area (Å²) in [7, 11) is 0. The summed E-state index contributed by atoms with van der Waals surface area (Å²) in [5.41, 5.74) is 1.65. The highest BCUT2D eigenvalue weighted by Gasteiger charge is 2.35. The Morgan fingerprint density at radius 1 is 1.15 bits per heavy atom. The van der Waals surface area contributed by atoms with Crippen molar-refractivity contribution in [1.29, 1.82) is 5.26 Å². The first-order chi connectivity index (χ1) is 12.6. The molecule has 0 aliphatic carbocycles. The van der Waals surface area contributed by atoms with Crippen LogP contribution in [-0.2, 0) is 11.3 Å². The van der Waals surface area contributed by atoms with E-state index in [0.29, 0.717) is 10.7 Å². The minimum atomic E-state index is -0.305. The van der Waals surface area contributed by atoms with Gasteiger partial charge < -0.3 is 4.74 Å². The first-order valence-corrected chi connectivity index (χ1v) is 9.28. The van der Waals surface area contributed by atoms with Gasteiger partial charge in [-0.3, -0.25) is 14.5 Å². The maximum Gasteiger partial charge on any atom is 0.293 e. The van der Waals surface area contributed by atoms with Gasteiger partial charge in [-0.2, -0.15) is 5.26 Å². The fourth-order valence-corrected chi connectivity index (χ4v) is 3.61. The predicted molar refractivity (Wildman–Crippen MR) is 103 cm³/mol. The number of ether oxygens (including phenoxy) is 1. The molecule has 0 N–H and O–H groups in total. The van der Waals surface area contributed by atoms with E-state index in [0.717, 1.165) is 27.4 Å². The summed E-state index contributed by atoms with van der Waals surface area (Å²) < 4.78 is 6.05. The zero-order valence-electron chi connectivity index (χ0n) is 13.5. The van der Waals surface area contributed by atoms with Gasteiger partial charge in [-0.05, 0) is 47.2 Å². The number of carbonyl (C=O) groups is 2. The van der Waals surface area contributed by atoms with E-state index < -0.39 is 0 Å². The Morgan fingerprint density at radius 3 is 2.58 bits per heavy atom. The van der Waals surface area contributed by atoms with Gasteiger partial charge in [-0.1, -0.05) is 46.3 Å². The van der Waals surface area contributed by atoms with Crippen LogP contribution in [0.1, 0.15) is 11.1 Å². The summed E-state index contributed by atoms with van der Waals surface area (Å²) in [4.78, 5) is 26.4. The van der Waals surface area contributed by atoms with Crippen LogP contribution in [0.15, 0.2) is 57.9 Å². The maximum atomic E-state index is 12.6. The zero-order valence-corrected chi connectivity index (χ0v) is 15.9. The lowest BCUT2D eigenvalue weighted by molar-refractivity contribution is -0.123. The summed E-state index contributed by atoms with van der Waals surface area (Å²) in [5.74, 6) is 0.270. The number of rotatable bonds is 5. The molecule has 2 amide bonds. The first-order valence-electron chi connectivity index (χ1n) is 7.67. The van der Waals surface area contributed by atoms with Crippen LogP contribution in [0.2, 0.25) is 0 Å². The minimum Gasteiger partial charge on any atom is -0.479 e. The fraction of sp³-hybridized carbons (Fsp3) is 0.105. The van der Waals surface area contributed by atoms with Crippen LogP contribution in [0.4, 0.5) is 4.79 Å². The number of imide groups is 1. The highest BCUT2D eigenvalue weighted by atomic mass is 79.9. The molecule has 1 aliphatic rings. The smallest absolute Gasteiger partial charge is 0.293 e. The van der Waals surface area contributed by atoms with Gasteiger partial charge in [-0.15, -0.1) is 0 Å². The molecule has 26 heavy (non-hydrogen) atoms. The van der Waals surface area contributed by atoms with Crippen molar-refractivity contribution in [2.24, 2.45) is 0 Å². The molecule has 0 saturated carbocycles. The molecule has 3 rings (SSSR count). The normalized spacial score (nSPS) is 15.4. The van der Waals surface area contributed by atoms with Crippen LogP contribution in [-0.4, -0.2) is 22.7 Å². The molecule has 0 radical (unpaired) electrons. The zero-order chi connectivity index (χ0) is 18.5. The fourth-order valence-electron chi connectivity index (χ4n) is 2.36.